The van der Waals surface area contributed by atoms with Gasteiger partial charge in [-0.1, -0.05) is 11.6 Å². The molecule has 12 heteroatoms. The largest absolute Gasteiger partial charge is 0.492 e. The number of hydrogen-bond acceptors (Lipinski definition) is 4. The zero-order chi connectivity index (χ0) is 24.6. The highest BCUT2D eigenvalue weighted by Crippen LogP contribution is 2.48. The molecule has 34 heavy (non-hydrogen) atoms. The number of aromatic nitrogens is 1. The zero-order valence-electron chi connectivity index (χ0n) is 18.1. The van der Waals surface area contributed by atoms with Crippen LogP contribution in [0.1, 0.15) is 42.0 Å². The summed E-state index contributed by atoms with van der Waals surface area (Å²) in [5.74, 6) is -1.52. The monoisotopic (exact) mass is 504 g/mol. The molecule has 1 saturated heterocycles. The van der Waals surface area contributed by atoms with Crippen LogP contribution in [0.25, 0.3) is 0 Å². The Morgan fingerprint density at radius 1 is 1.29 bits per heavy atom. The molecule has 3 heterocycles. The zero-order valence-corrected chi connectivity index (χ0v) is 18.9. The fourth-order valence-corrected chi connectivity index (χ4v) is 4.85. The Hall–Kier alpha value is -2.66. The topological polar surface area (TPSA) is 66.5 Å². The molecule has 0 spiro atoms. The minimum absolute atomic E-state index is 0.196. The molecule has 0 aliphatic carbocycles. The van der Waals surface area contributed by atoms with E-state index in [4.69, 9.17) is 16.3 Å². The van der Waals surface area contributed by atoms with Gasteiger partial charge in [0.2, 0.25) is 5.95 Å². The maximum Gasteiger partial charge on any atom is 0.417 e. The second kappa shape index (κ2) is 9.53. The van der Waals surface area contributed by atoms with E-state index in [0.717, 1.165) is 12.6 Å². The van der Waals surface area contributed by atoms with E-state index in [-0.39, 0.29) is 18.5 Å². The highest BCUT2D eigenvalue weighted by molar-refractivity contribution is 6.31. The minimum atomic E-state index is -4.84. The molecule has 6 nitrogen and oxygen atoms in total. The van der Waals surface area contributed by atoms with Crippen molar-refractivity contribution in [3.63, 3.8) is 0 Å². The van der Waals surface area contributed by atoms with E-state index in [2.05, 4.69) is 15.6 Å². The van der Waals surface area contributed by atoms with Crippen LogP contribution in [-0.2, 0) is 12.6 Å². The van der Waals surface area contributed by atoms with Crippen molar-refractivity contribution < 1.29 is 31.5 Å². The average Bonchev–Trinajstić information content (AvgIpc) is 3.08. The Bertz CT molecular complexity index is 1100. The van der Waals surface area contributed by atoms with E-state index in [0.29, 0.717) is 42.7 Å². The lowest BCUT2D eigenvalue weighted by molar-refractivity contribution is -0.137. The second-order valence-corrected chi connectivity index (χ2v) is 8.62. The molecule has 2 aromatic rings. The maximum absolute atomic E-state index is 14.5. The van der Waals surface area contributed by atoms with Crippen LogP contribution in [-0.4, -0.2) is 42.2 Å². The fraction of sp³-hybridized carbons (Fsp3) is 0.455. The maximum atomic E-state index is 14.5. The van der Waals surface area contributed by atoms with Crippen LogP contribution in [0.15, 0.2) is 18.3 Å². The highest BCUT2D eigenvalue weighted by atomic mass is 35.5. The first kappa shape index (κ1) is 24.5. The van der Waals surface area contributed by atoms with E-state index in [1.54, 1.807) is 0 Å². The van der Waals surface area contributed by atoms with Gasteiger partial charge in [-0.05, 0) is 51.4 Å². The summed E-state index contributed by atoms with van der Waals surface area (Å²) in [6.45, 7) is 1.08. The number of carbonyl (C=O) groups is 1. The van der Waals surface area contributed by atoms with Gasteiger partial charge >= 0.3 is 12.2 Å². The van der Waals surface area contributed by atoms with Gasteiger partial charge in [0, 0.05) is 17.2 Å². The van der Waals surface area contributed by atoms with E-state index >= 15 is 0 Å². The lowest BCUT2D eigenvalue weighted by atomic mass is 9.94. The molecule has 0 saturated carbocycles. The molecule has 2 N–H and O–H groups in total. The molecule has 2 atom stereocenters. The Kier molecular flexibility index (Phi) is 6.86. The van der Waals surface area contributed by atoms with Crippen LogP contribution in [0.3, 0.4) is 0 Å². The quantitative estimate of drug-likeness (QED) is 0.318. The third kappa shape index (κ3) is 4.63. The summed E-state index contributed by atoms with van der Waals surface area (Å²) in [5, 5.41) is 4.59. The van der Waals surface area contributed by atoms with Gasteiger partial charge in [0.05, 0.1) is 35.1 Å². The predicted molar refractivity (Wildman–Crippen MR) is 115 cm³/mol. The number of benzene rings is 1. The number of anilines is 1. The number of nitrogens with zero attached hydrogens (tertiary/aromatic N) is 2. The first-order valence-electron chi connectivity index (χ1n) is 10.7. The molecule has 2 unspecified atom stereocenters. The molecule has 184 valence electrons. The minimum Gasteiger partial charge on any atom is -0.492 e. The number of urea groups is 1. The second-order valence-electron chi connectivity index (χ2n) is 8.21. The Labute approximate surface area is 197 Å². The molecular weight excluding hydrogens is 483 g/mol. The van der Waals surface area contributed by atoms with Crippen LogP contribution < -0.4 is 15.4 Å². The van der Waals surface area contributed by atoms with Gasteiger partial charge in [-0.25, -0.2) is 14.2 Å². The van der Waals surface area contributed by atoms with Gasteiger partial charge in [-0.2, -0.15) is 17.6 Å². The van der Waals surface area contributed by atoms with Crippen LogP contribution >= 0.6 is 11.6 Å². The molecule has 1 aromatic carbocycles. The predicted octanol–water partition coefficient (Wildman–Crippen LogP) is 5.31. The molecule has 4 rings (SSSR count). The Morgan fingerprint density at radius 2 is 2.06 bits per heavy atom. The summed E-state index contributed by atoms with van der Waals surface area (Å²) in [5.41, 5.74) is -0.907. The molecule has 2 aliphatic rings. The van der Waals surface area contributed by atoms with Gasteiger partial charge in [0.1, 0.15) is 11.6 Å². The number of amides is 2. The smallest absolute Gasteiger partial charge is 0.417 e. The summed E-state index contributed by atoms with van der Waals surface area (Å²) in [4.78, 5) is 18.4. The number of fused-ring (bicyclic) bond motifs is 4. The first-order chi connectivity index (χ1) is 16.1. The summed E-state index contributed by atoms with van der Waals surface area (Å²) >= 11 is 5.68. The van der Waals surface area contributed by atoms with Crippen molar-refractivity contribution in [3.05, 3.63) is 51.8 Å². The van der Waals surface area contributed by atoms with Crippen molar-refractivity contribution in [3.8, 4) is 5.75 Å². The number of pyridine rings is 1. The molecule has 2 amide bonds. The molecular formula is C22H22ClF5N4O2. The van der Waals surface area contributed by atoms with Crippen molar-refractivity contribution in [2.45, 2.75) is 43.9 Å². The summed E-state index contributed by atoms with van der Waals surface area (Å²) in [7, 11) is 1.81. The Balaban J connectivity index is 1.59. The molecule has 0 radical (unpaired) electrons. The number of halogens is 6. The summed E-state index contributed by atoms with van der Waals surface area (Å²) in [6.07, 6.45) is -1.55. The average molecular weight is 505 g/mol. The van der Waals surface area contributed by atoms with Crippen molar-refractivity contribution in [2.24, 2.45) is 0 Å². The third-order valence-corrected chi connectivity index (χ3v) is 6.39. The van der Waals surface area contributed by atoms with Gasteiger partial charge in [0.25, 0.3) is 0 Å². The van der Waals surface area contributed by atoms with Crippen molar-refractivity contribution in [2.75, 3.05) is 25.5 Å². The summed E-state index contributed by atoms with van der Waals surface area (Å²) < 4.78 is 73.6. The number of rotatable bonds is 6. The van der Waals surface area contributed by atoms with Crippen molar-refractivity contribution in [1.29, 1.82) is 0 Å². The van der Waals surface area contributed by atoms with Gasteiger partial charge in [-0.3, -0.25) is 0 Å². The highest BCUT2D eigenvalue weighted by Gasteiger charge is 2.46. The van der Waals surface area contributed by atoms with Crippen LogP contribution in [0.5, 0.6) is 5.75 Å². The van der Waals surface area contributed by atoms with E-state index in [1.807, 2.05) is 7.05 Å². The number of ether oxygens (including phenoxy) is 1. The lowest BCUT2D eigenvalue weighted by Crippen LogP contribution is -2.44. The normalized spacial score (nSPS) is 19.2. The molecule has 2 bridgehead atoms. The first-order valence-corrected chi connectivity index (χ1v) is 11.1. The van der Waals surface area contributed by atoms with Gasteiger partial charge in [0.15, 0.2) is 0 Å². The van der Waals surface area contributed by atoms with Crippen molar-refractivity contribution in [1.82, 2.24) is 15.2 Å². The van der Waals surface area contributed by atoms with Crippen LogP contribution in [0.2, 0.25) is 5.02 Å². The number of carbonyl (C=O) groups excluding carboxylic acids is 1. The van der Waals surface area contributed by atoms with Crippen LogP contribution in [0.4, 0.5) is 32.4 Å². The number of hydrogen-bond donors (Lipinski definition) is 2. The van der Waals surface area contributed by atoms with E-state index < -0.39 is 46.3 Å². The number of nitrogens with one attached hydrogen (secondary N) is 2. The number of alkyl halides is 3. The third-order valence-electron chi connectivity index (χ3n) is 6.08. The molecule has 2 aliphatic heterocycles. The lowest BCUT2D eigenvalue weighted by Gasteiger charge is -2.37. The summed E-state index contributed by atoms with van der Waals surface area (Å²) in [6, 6.07) is -0.654. The Morgan fingerprint density at radius 3 is 2.76 bits per heavy atom. The van der Waals surface area contributed by atoms with Crippen LogP contribution in [0, 0.1) is 11.8 Å². The fourth-order valence-electron chi connectivity index (χ4n) is 4.58. The van der Waals surface area contributed by atoms with E-state index in [1.165, 1.54) is 11.1 Å². The van der Waals surface area contributed by atoms with E-state index in [9.17, 15) is 26.7 Å². The van der Waals surface area contributed by atoms with Gasteiger partial charge in [-0.15, -0.1) is 0 Å². The molecule has 1 fully saturated rings. The van der Waals surface area contributed by atoms with Gasteiger partial charge < -0.3 is 20.3 Å². The molecule has 1 aromatic heterocycles. The standard InChI is InChI=1S/C22H22ClF5N4O2/c1-29-5-2-6-34-18-10-30-20(25)12-7-11-3-4-17(19(12)18)32(11)21(33)31-16-9-14(23)13(8-15(16)24)22(26,27)28/h8-11,17,29H,2-7H2,1H3,(H,31,33). The SMILES string of the molecule is CNCCCOc1cnc(F)c2c1C1CCC(C2)N1C(=O)Nc1cc(Cl)c(C(F)(F)F)cc1F. The van der Waals surface area contributed by atoms with Crippen molar-refractivity contribution >= 4 is 23.3 Å².